The summed E-state index contributed by atoms with van der Waals surface area (Å²) in [5, 5.41) is 4.07. The van der Waals surface area contributed by atoms with Crippen molar-refractivity contribution in [1.82, 2.24) is 14.8 Å². The molecule has 0 aliphatic rings. The van der Waals surface area contributed by atoms with Gasteiger partial charge in [0, 0.05) is 11.6 Å². The largest absolute Gasteiger partial charge is 0.443 e. The summed E-state index contributed by atoms with van der Waals surface area (Å²) in [5.41, 5.74) is 6.19. The minimum Gasteiger partial charge on any atom is -0.443 e. The van der Waals surface area contributed by atoms with Crippen molar-refractivity contribution in [3.8, 4) is 0 Å². The molecule has 2 heterocycles. The first-order valence-corrected chi connectivity index (χ1v) is 5.18. The molecule has 0 saturated carbocycles. The molecule has 0 bridgehead atoms. The third-order valence-electron chi connectivity index (χ3n) is 2.24. The number of aromatic nitrogens is 3. The Kier molecular flexibility index (Phi) is 2.46. The summed E-state index contributed by atoms with van der Waals surface area (Å²) in [6, 6.07) is 0. The average molecular weight is 220 g/mol. The second kappa shape index (κ2) is 3.66. The van der Waals surface area contributed by atoms with E-state index < -0.39 is 0 Å². The Hall–Kier alpha value is -1.78. The number of hydrogen-bond acceptors (Lipinski definition) is 4. The molecule has 0 aromatic carbocycles. The molecule has 2 N–H and O–H groups in total. The maximum absolute atomic E-state index is 5.65. The van der Waals surface area contributed by atoms with Gasteiger partial charge in [-0.25, -0.2) is 4.98 Å². The third-order valence-corrected chi connectivity index (χ3v) is 2.24. The van der Waals surface area contributed by atoms with Gasteiger partial charge >= 0.3 is 0 Å². The molecule has 0 atom stereocenters. The van der Waals surface area contributed by atoms with E-state index in [4.69, 9.17) is 10.2 Å². The molecule has 0 aliphatic heterocycles. The molecule has 2 aromatic heterocycles. The van der Waals surface area contributed by atoms with Crippen LogP contribution in [0.4, 0.5) is 5.69 Å². The van der Waals surface area contributed by atoms with Gasteiger partial charge in [-0.1, -0.05) is 20.8 Å². The summed E-state index contributed by atoms with van der Waals surface area (Å²) in [6.07, 6.45) is 5.12. The Morgan fingerprint density at radius 1 is 1.38 bits per heavy atom. The summed E-state index contributed by atoms with van der Waals surface area (Å²) in [6.45, 7) is 6.77. The van der Waals surface area contributed by atoms with Gasteiger partial charge in [0.25, 0.3) is 0 Å². The van der Waals surface area contributed by atoms with E-state index in [1.165, 1.54) is 0 Å². The van der Waals surface area contributed by atoms with E-state index in [0.29, 0.717) is 18.1 Å². The lowest BCUT2D eigenvalue weighted by Crippen LogP contribution is -2.09. The topological polar surface area (TPSA) is 69.9 Å². The first-order chi connectivity index (χ1) is 7.45. The van der Waals surface area contributed by atoms with Gasteiger partial charge in [0.1, 0.15) is 12.3 Å². The Morgan fingerprint density at radius 3 is 2.62 bits per heavy atom. The normalized spacial score (nSPS) is 11.9. The lowest BCUT2D eigenvalue weighted by atomic mass is 9.94. The number of nitrogens with zero attached hydrogens (tertiary/aromatic N) is 3. The van der Waals surface area contributed by atoms with Crippen LogP contribution in [-0.2, 0) is 12.0 Å². The van der Waals surface area contributed by atoms with Crippen LogP contribution in [0.2, 0.25) is 0 Å². The average Bonchev–Trinajstić information content (AvgIpc) is 2.74. The van der Waals surface area contributed by atoms with Crippen LogP contribution in [0.25, 0.3) is 0 Å². The molecule has 0 amide bonds. The molecule has 0 saturated heterocycles. The zero-order chi connectivity index (χ0) is 11.8. The van der Waals surface area contributed by atoms with Gasteiger partial charge in [-0.15, -0.1) is 0 Å². The number of hydrogen-bond donors (Lipinski definition) is 1. The van der Waals surface area contributed by atoms with E-state index in [1.54, 1.807) is 23.3 Å². The van der Waals surface area contributed by atoms with Crippen molar-refractivity contribution in [2.75, 3.05) is 5.73 Å². The zero-order valence-electron chi connectivity index (χ0n) is 9.77. The van der Waals surface area contributed by atoms with Crippen LogP contribution < -0.4 is 5.73 Å². The summed E-state index contributed by atoms with van der Waals surface area (Å²) >= 11 is 0. The standard InChI is InChI=1S/C11H16N4O/c1-11(2,3)9-5-13-10(16-9)7-15-6-8(12)4-14-15/h4-6H,7,12H2,1-3H3. The molecule has 5 heteroatoms. The first-order valence-electron chi connectivity index (χ1n) is 5.18. The summed E-state index contributed by atoms with van der Waals surface area (Å²) in [4.78, 5) is 4.22. The lowest BCUT2D eigenvalue weighted by molar-refractivity contribution is 0.372. The minimum absolute atomic E-state index is 0.0195. The van der Waals surface area contributed by atoms with Crippen molar-refractivity contribution in [2.45, 2.75) is 32.7 Å². The van der Waals surface area contributed by atoms with E-state index in [-0.39, 0.29) is 5.41 Å². The Bertz CT molecular complexity index is 478. The fourth-order valence-corrected chi connectivity index (χ4v) is 1.33. The zero-order valence-corrected chi connectivity index (χ0v) is 9.77. The van der Waals surface area contributed by atoms with Crippen LogP contribution >= 0.6 is 0 Å². The Labute approximate surface area is 94.3 Å². The van der Waals surface area contributed by atoms with Crippen LogP contribution in [0.3, 0.4) is 0 Å². The summed E-state index contributed by atoms with van der Waals surface area (Å²) in [7, 11) is 0. The number of oxazole rings is 1. The fourth-order valence-electron chi connectivity index (χ4n) is 1.33. The second-order valence-corrected chi connectivity index (χ2v) is 4.84. The predicted molar refractivity (Wildman–Crippen MR) is 60.9 cm³/mol. The molecule has 16 heavy (non-hydrogen) atoms. The first kappa shape index (κ1) is 10.7. The fraction of sp³-hybridized carbons (Fsp3) is 0.455. The van der Waals surface area contributed by atoms with Crippen molar-refractivity contribution in [2.24, 2.45) is 0 Å². The SMILES string of the molecule is CC(C)(C)c1cnc(Cn2cc(N)cn2)o1. The van der Waals surface area contributed by atoms with Crippen LogP contribution in [0, 0.1) is 0 Å². The van der Waals surface area contributed by atoms with Gasteiger partial charge in [-0.2, -0.15) is 5.10 Å². The Balaban J connectivity index is 2.14. The van der Waals surface area contributed by atoms with Gasteiger partial charge in [0.15, 0.2) is 0 Å². The molecule has 0 aliphatic carbocycles. The molecule has 5 nitrogen and oxygen atoms in total. The Morgan fingerprint density at radius 2 is 2.12 bits per heavy atom. The second-order valence-electron chi connectivity index (χ2n) is 4.84. The van der Waals surface area contributed by atoms with E-state index in [9.17, 15) is 0 Å². The third kappa shape index (κ3) is 2.24. The monoisotopic (exact) mass is 220 g/mol. The van der Waals surface area contributed by atoms with Crippen molar-refractivity contribution >= 4 is 5.69 Å². The van der Waals surface area contributed by atoms with Gasteiger partial charge in [0.2, 0.25) is 5.89 Å². The van der Waals surface area contributed by atoms with Crippen LogP contribution in [0.1, 0.15) is 32.4 Å². The number of nitrogens with two attached hydrogens (primary N) is 1. The van der Waals surface area contributed by atoms with Crippen LogP contribution in [0.5, 0.6) is 0 Å². The molecular weight excluding hydrogens is 204 g/mol. The highest BCUT2D eigenvalue weighted by atomic mass is 16.4. The highest BCUT2D eigenvalue weighted by molar-refractivity contribution is 5.30. The van der Waals surface area contributed by atoms with E-state index in [1.807, 2.05) is 0 Å². The smallest absolute Gasteiger partial charge is 0.216 e. The van der Waals surface area contributed by atoms with E-state index >= 15 is 0 Å². The molecule has 0 fully saturated rings. The van der Waals surface area contributed by atoms with Gasteiger partial charge < -0.3 is 10.2 Å². The van der Waals surface area contributed by atoms with Gasteiger partial charge in [0.05, 0.1) is 18.1 Å². The molecule has 86 valence electrons. The number of anilines is 1. The predicted octanol–water partition coefficient (Wildman–Crippen LogP) is 1.80. The molecule has 0 unspecified atom stereocenters. The maximum Gasteiger partial charge on any atom is 0.216 e. The highest BCUT2D eigenvalue weighted by Crippen LogP contribution is 2.22. The molecule has 2 rings (SSSR count). The highest BCUT2D eigenvalue weighted by Gasteiger charge is 2.19. The molecule has 0 spiro atoms. The van der Waals surface area contributed by atoms with Crippen molar-refractivity contribution in [1.29, 1.82) is 0 Å². The van der Waals surface area contributed by atoms with Crippen molar-refractivity contribution in [3.05, 3.63) is 30.2 Å². The van der Waals surface area contributed by atoms with Crippen LogP contribution in [0.15, 0.2) is 23.0 Å². The summed E-state index contributed by atoms with van der Waals surface area (Å²) in [5.74, 6) is 1.52. The number of rotatable bonds is 2. The molecule has 2 aromatic rings. The minimum atomic E-state index is -0.0195. The van der Waals surface area contributed by atoms with Gasteiger partial charge in [-0.05, 0) is 0 Å². The van der Waals surface area contributed by atoms with Crippen molar-refractivity contribution in [3.63, 3.8) is 0 Å². The summed E-state index contributed by atoms with van der Waals surface area (Å²) < 4.78 is 7.35. The maximum atomic E-state index is 5.65. The van der Waals surface area contributed by atoms with Crippen molar-refractivity contribution < 1.29 is 4.42 Å². The van der Waals surface area contributed by atoms with E-state index in [0.717, 1.165) is 5.76 Å². The lowest BCUT2D eigenvalue weighted by Gasteiger charge is -2.13. The van der Waals surface area contributed by atoms with Crippen LogP contribution in [-0.4, -0.2) is 14.8 Å². The van der Waals surface area contributed by atoms with E-state index in [2.05, 4.69) is 30.9 Å². The molecular formula is C11H16N4O. The molecule has 0 radical (unpaired) electrons. The number of nitrogen functional groups attached to an aromatic ring is 1. The van der Waals surface area contributed by atoms with Gasteiger partial charge in [-0.3, -0.25) is 4.68 Å². The quantitative estimate of drug-likeness (QED) is 0.837.